The number of hydrogen-bond acceptors (Lipinski definition) is 4. The van der Waals surface area contributed by atoms with Gasteiger partial charge in [0.05, 0.1) is 5.69 Å². The number of nitrogens with one attached hydrogen (secondary N) is 1. The number of nitrogens with two attached hydrogens (primary N) is 1. The van der Waals surface area contributed by atoms with Crippen LogP contribution in [0.2, 0.25) is 5.02 Å². The first kappa shape index (κ1) is 15.8. The summed E-state index contributed by atoms with van der Waals surface area (Å²) in [5, 5.41) is 1.74. The van der Waals surface area contributed by atoms with Gasteiger partial charge in [0.15, 0.2) is 5.16 Å². The predicted molar refractivity (Wildman–Crippen MR) is 89.6 cm³/mol. The van der Waals surface area contributed by atoms with Crippen molar-refractivity contribution >= 4 is 35.1 Å². The van der Waals surface area contributed by atoms with Crippen molar-refractivity contribution in [2.24, 2.45) is 5.73 Å². The molecule has 20 heavy (non-hydrogen) atoms. The first-order valence-electron chi connectivity index (χ1n) is 6.39. The van der Waals surface area contributed by atoms with Crippen LogP contribution < -0.4 is 5.73 Å². The third-order valence-corrected chi connectivity index (χ3v) is 4.95. The standard InChI is InChI=1S/C14H18ClN3S2/c1-10-13(9-19-7-6-16)18-14(17-10)20-8-11-2-4-12(15)5-3-11/h2-5H,6-9,16H2,1H3,(H,17,18). The van der Waals surface area contributed by atoms with Crippen LogP contribution in [0.1, 0.15) is 17.0 Å². The van der Waals surface area contributed by atoms with Crippen LogP contribution >= 0.6 is 35.1 Å². The largest absolute Gasteiger partial charge is 0.337 e. The van der Waals surface area contributed by atoms with Gasteiger partial charge in [-0.05, 0) is 24.6 Å². The Morgan fingerprint density at radius 2 is 2.00 bits per heavy atom. The van der Waals surface area contributed by atoms with E-state index in [0.29, 0.717) is 6.54 Å². The van der Waals surface area contributed by atoms with Gasteiger partial charge in [-0.15, -0.1) is 0 Å². The van der Waals surface area contributed by atoms with E-state index in [2.05, 4.69) is 16.9 Å². The lowest BCUT2D eigenvalue weighted by atomic mass is 10.2. The molecule has 2 aromatic rings. The highest BCUT2D eigenvalue weighted by atomic mass is 35.5. The second kappa shape index (κ2) is 7.98. The molecule has 3 nitrogen and oxygen atoms in total. The predicted octanol–water partition coefficient (Wildman–Crippen LogP) is 3.86. The van der Waals surface area contributed by atoms with E-state index in [4.69, 9.17) is 17.3 Å². The summed E-state index contributed by atoms with van der Waals surface area (Å²) in [5.41, 5.74) is 9.01. The lowest BCUT2D eigenvalue weighted by molar-refractivity contribution is 1.03. The molecule has 6 heteroatoms. The third-order valence-electron chi connectivity index (χ3n) is 2.75. The number of aromatic amines is 1. The van der Waals surface area contributed by atoms with Gasteiger partial charge in [-0.1, -0.05) is 35.5 Å². The van der Waals surface area contributed by atoms with Crippen LogP contribution in [0.4, 0.5) is 0 Å². The topological polar surface area (TPSA) is 54.7 Å². The number of imidazole rings is 1. The van der Waals surface area contributed by atoms with E-state index in [9.17, 15) is 0 Å². The van der Waals surface area contributed by atoms with Gasteiger partial charge in [-0.2, -0.15) is 11.8 Å². The fourth-order valence-corrected chi connectivity index (χ4v) is 3.47. The number of nitrogens with zero attached hydrogens (tertiary/aromatic N) is 1. The third kappa shape index (κ3) is 4.74. The summed E-state index contributed by atoms with van der Waals surface area (Å²) in [4.78, 5) is 7.97. The Morgan fingerprint density at radius 3 is 2.70 bits per heavy atom. The summed E-state index contributed by atoms with van der Waals surface area (Å²) in [6.45, 7) is 2.78. The van der Waals surface area contributed by atoms with Gasteiger partial charge in [-0.25, -0.2) is 4.98 Å². The van der Waals surface area contributed by atoms with Crippen molar-refractivity contribution in [1.82, 2.24) is 9.97 Å². The molecule has 0 aliphatic heterocycles. The molecule has 0 amide bonds. The maximum Gasteiger partial charge on any atom is 0.166 e. The Hall–Kier alpha value is -0.620. The zero-order valence-electron chi connectivity index (χ0n) is 11.4. The van der Waals surface area contributed by atoms with Gasteiger partial charge in [0.2, 0.25) is 0 Å². The average molecular weight is 328 g/mol. The van der Waals surface area contributed by atoms with Gasteiger partial charge < -0.3 is 10.7 Å². The molecule has 0 saturated carbocycles. The first-order valence-corrected chi connectivity index (χ1v) is 8.91. The molecule has 0 bridgehead atoms. The molecule has 0 atom stereocenters. The van der Waals surface area contributed by atoms with Crippen molar-refractivity contribution in [3.05, 3.63) is 46.2 Å². The molecule has 0 saturated heterocycles. The number of hydrogen-bond donors (Lipinski definition) is 2. The zero-order valence-corrected chi connectivity index (χ0v) is 13.7. The summed E-state index contributed by atoms with van der Waals surface area (Å²) in [5.74, 6) is 2.78. The molecule has 1 aromatic heterocycles. The smallest absolute Gasteiger partial charge is 0.166 e. The van der Waals surface area contributed by atoms with Crippen molar-refractivity contribution in [1.29, 1.82) is 0 Å². The van der Waals surface area contributed by atoms with Crippen LogP contribution in [0, 0.1) is 6.92 Å². The number of benzene rings is 1. The average Bonchev–Trinajstić information content (AvgIpc) is 2.79. The molecular weight excluding hydrogens is 310 g/mol. The normalized spacial score (nSPS) is 10.9. The van der Waals surface area contributed by atoms with E-state index in [-0.39, 0.29) is 0 Å². The molecular formula is C14H18ClN3S2. The van der Waals surface area contributed by atoms with E-state index in [1.165, 1.54) is 5.56 Å². The first-order chi connectivity index (χ1) is 9.69. The van der Waals surface area contributed by atoms with Crippen molar-refractivity contribution in [3.63, 3.8) is 0 Å². The summed E-state index contributed by atoms with van der Waals surface area (Å²) < 4.78 is 0. The van der Waals surface area contributed by atoms with E-state index in [1.807, 2.05) is 36.0 Å². The molecule has 0 spiro atoms. The Bertz CT molecular complexity index is 540. The van der Waals surface area contributed by atoms with E-state index >= 15 is 0 Å². The van der Waals surface area contributed by atoms with E-state index in [0.717, 1.165) is 38.8 Å². The van der Waals surface area contributed by atoms with Crippen LogP contribution in [0.15, 0.2) is 29.4 Å². The van der Waals surface area contributed by atoms with Gasteiger partial charge >= 0.3 is 0 Å². The number of H-pyrrole nitrogens is 1. The molecule has 0 radical (unpaired) electrons. The van der Waals surface area contributed by atoms with Crippen LogP contribution in [0.3, 0.4) is 0 Å². The fraction of sp³-hybridized carbons (Fsp3) is 0.357. The zero-order chi connectivity index (χ0) is 14.4. The summed E-state index contributed by atoms with van der Waals surface area (Å²) >= 11 is 9.41. The van der Waals surface area contributed by atoms with Crippen molar-refractivity contribution < 1.29 is 0 Å². The summed E-state index contributed by atoms with van der Waals surface area (Å²) in [6.07, 6.45) is 0. The number of aryl methyl sites for hydroxylation is 1. The van der Waals surface area contributed by atoms with Crippen molar-refractivity contribution in [2.75, 3.05) is 12.3 Å². The second-order valence-electron chi connectivity index (χ2n) is 4.37. The molecule has 0 aliphatic carbocycles. The highest BCUT2D eigenvalue weighted by Gasteiger charge is 2.07. The minimum Gasteiger partial charge on any atom is -0.337 e. The molecule has 1 aromatic carbocycles. The fourth-order valence-electron chi connectivity index (χ4n) is 1.66. The molecule has 1 heterocycles. The van der Waals surface area contributed by atoms with Crippen LogP contribution in [0.5, 0.6) is 0 Å². The molecule has 0 aliphatic rings. The van der Waals surface area contributed by atoms with Crippen LogP contribution in [-0.2, 0) is 11.5 Å². The highest BCUT2D eigenvalue weighted by molar-refractivity contribution is 7.98. The summed E-state index contributed by atoms with van der Waals surface area (Å²) in [7, 11) is 0. The second-order valence-corrected chi connectivity index (χ2v) is 6.88. The lowest BCUT2D eigenvalue weighted by Crippen LogP contribution is -2.01. The Morgan fingerprint density at radius 1 is 1.25 bits per heavy atom. The van der Waals surface area contributed by atoms with Gasteiger partial charge in [0.25, 0.3) is 0 Å². The number of thioether (sulfide) groups is 2. The Balaban J connectivity index is 1.89. The monoisotopic (exact) mass is 327 g/mol. The van der Waals surface area contributed by atoms with E-state index in [1.54, 1.807) is 11.8 Å². The van der Waals surface area contributed by atoms with Crippen molar-refractivity contribution in [3.8, 4) is 0 Å². The SMILES string of the molecule is Cc1[nH]c(SCc2ccc(Cl)cc2)nc1CSCCN. The van der Waals surface area contributed by atoms with Crippen LogP contribution in [-0.4, -0.2) is 22.3 Å². The number of rotatable bonds is 7. The van der Waals surface area contributed by atoms with Crippen molar-refractivity contribution in [2.45, 2.75) is 23.6 Å². The minimum absolute atomic E-state index is 0.715. The lowest BCUT2D eigenvalue weighted by Gasteiger charge is -1.99. The molecule has 108 valence electrons. The summed E-state index contributed by atoms with van der Waals surface area (Å²) in [6, 6.07) is 7.92. The Labute approximate surface area is 133 Å². The quantitative estimate of drug-likeness (QED) is 0.599. The molecule has 0 fully saturated rings. The Kier molecular flexibility index (Phi) is 6.29. The van der Waals surface area contributed by atoms with E-state index < -0.39 is 0 Å². The maximum absolute atomic E-state index is 5.88. The van der Waals surface area contributed by atoms with Gasteiger partial charge in [-0.3, -0.25) is 0 Å². The maximum atomic E-state index is 5.88. The molecule has 2 rings (SSSR count). The minimum atomic E-state index is 0.715. The number of aromatic nitrogens is 2. The van der Waals surface area contributed by atoms with Gasteiger partial charge in [0, 0.05) is 34.5 Å². The van der Waals surface area contributed by atoms with Crippen LogP contribution in [0.25, 0.3) is 0 Å². The molecule has 3 N–H and O–H groups in total. The van der Waals surface area contributed by atoms with Gasteiger partial charge in [0.1, 0.15) is 0 Å². The molecule has 0 unspecified atom stereocenters. The number of halogens is 1. The highest BCUT2D eigenvalue weighted by Crippen LogP contribution is 2.23.